The molecule has 2 rings (SSSR count). The predicted molar refractivity (Wildman–Crippen MR) is 77.2 cm³/mol. The molecule has 2 aromatic rings. The van der Waals surface area contributed by atoms with Crippen LogP contribution in [0.5, 0.6) is 0 Å². The van der Waals surface area contributed by atoms with Gasteiger partial charge in [-0.1, -0.05) is 36.8 Å². The summed E-state index contributed by atoms with van der Waals surface area (Å²) in [7, 11) is 0. The van der Waals surface area contributed by atoms with Gasteiger partial charge in [0.25, 0.3) is 0 Å². The van der Waals surface area contributed by atoms with Gasteiger partial charge in [-0.25, -0.2) is 0 Å². The highest BCUT2D eigenvalue weighted by atomic mass is 19.4. The van der Waals surface area contributed by atoms with Gasteiger partial charge in [0.1, 0.15) is 6.29 Å². The molecule has 0 saturated heterocycles. The Morgan fingerprint density at radius 3 is 2.43 bits per heavy atom. The number of hydrogen-bond acceptors (Lipinski definition) is 1. The van der Waals surface area contributed by atoms with Crippen molar-refractivity contribution in [3.05, 3.63) is 47.5 Å². The Labute approximate surface area is 121 Å². The predicted octanol–water partition coefficient (Wildman–Crippen LogP) is 5.16. The average molecular weight is 294 g/mol. The maximum atomic E-state index is 13.2. The molecule has 112 valence electrons. The molecule has 4 heteroatoms. The van der Waals surface area contributed by atoms with Crippen molar-refractivity contribution in [1.82, 2.24) is 0 Å². The third-order valence-electron chi connectivity index (χ3n) is 3.59. The van der Waals surface area contributed by atoms with Crippen LogP contribution in [-0.4, -0.2) is 6.29 Å². The van der Waals surface area contributed by atoms with Crippen molar-refractivity contribution in [1.29, 1.82) is 0 Å². The Hall–Kier alpha value is -1.84. The topological polar surface area (TPSA) is 17.1 Å². The van der Waals surface area contributed by atoms with Crippen molar-refractivity contribution in [2.45, 2.75) is 38.3 Å². The standard InChI is InChI=1S/C17H17F3O/c18-17(19,20)16-11-10-13-7-4-5-8-14(13)15(16)9-3-1-2-6-12-21/h4-5,7-8,10-12H,1-3,6,9H2. The van der Waals surface area contributed by atoms with E-state index in [0.717, 1.165) is 24.5 Å². The largest absolute Gasteiger partial charge is 0.416 e. The zero-order valence-electron chi connectivity index (χ0n) is 11.6. The van der Waals surface area contributed by atoms with Crippen LogP contribution in [0.1, 0.15) is 36.8 Å². The second-order valence-electron chi connectivity index (χ2n) is 5.08. The summed E-state index contributed by atoms with van der Waals surface area (Å²) in [5.74, 6) is 0. The lowest BCUT2D eigenvalue weighted by Crippen LogP contribution is -2.09. The zero-order chi connectivity index (χ0) is 15.3. The van der Waals surface area contributed by atoms with E-state index in [0.29, 0.717) is 30.2 Å². The first-order valence-electron chi connectivity index (χ1n) is 7.05. The molecular formula is C17H17F3O. The second-order valence-corrected chi connectivity index (χ2v) is 5.08. The summed E-state index contributed by atoms with van der Waals surface area (Å²) in [6.45, 7) is 0. The summed E-state index contributed by atoms with van der Waals surface area (Å²) in [6.07, 6.45) is -0.474. The van der Waals surface area contributed by atoms with Gasteiger partial charge >= 0.3 is 6.18 Å². The van der Waals surface area contributed by atoms with Gasteiger partial charge in [0.15, 0.2) is 0 Å². The quantitative estimate of drug-likeness (QED) is 0.531. The molecule has 0 spiro atoms. The third kappa shape index (κ3) is 3.84. The fourth-order valence-electron chi connectivity index (χ4n) is 2.58. The van der Waals surface area contributed by atoms with Gasteiger partial charge in [-0.3, -0.25) is 0 Å². The molecule has 1 nitrogen and oxygen atoms in total. The van der Waals surface area contributed by atoms with Crippen LogP contribution in [0.25, 0.3) is 10.8 Å². The van der Waals surface area contributed by atoms with Crippen LogP contribution < -0.4 is 0 Å². The fraction of sp³-hybridized carbons (Fsp3) is 0.353. The van der Waals surface area contributed by atoms with Crippen LogP contribution in [0.15, 0.2) is 36.4 Å². The molecule has 0 atom stereocenters. The van der Waals surface area contributed by atoms with Crippen molar-refractivity contribution in [3.8, 4) is 0 Å². The minimum Gasteiger partial charge on any atom is -0.303 e. The van der Waals surface area contributed by atoms with Crippen LogP contribution in [0.4, 0.5) is 13.2 Å². The van der Waals surface area contributed by atoms with Gasteiger partial charge in [0.2, 0.25) is 0 Å². The summed E-state index contributed by atoms with van der Waals surface area (Å²) >= 11 is 0. The van der Waals surface area contributed by atoms with E-state index in [1.807, 2.05) is 12.1 Å². The maximum Gasteiger partial charge on any atom is 0.416 e. The SMILES string of the molecule is O=CCCCCCc1c(C(F)(F)F)ccc2ccccc12. The number of unbranched alkanes of at least 4 members (excludes halogenated alkanes) is 3. The summed E-state index contributed by atoms with van der Waals surface area (Å²) < 4.78 is 39.5. The zero-order valence-corrected chi connectivity index (χ0v) is 11.6. The first-order chi connectivity index (χ1) is 10.0. The lowest BCUT2D eigenvalue weighted by molar-refractivity contribution is -0.138. The highest BCUT2D eigenvalue weighted by Gasteiger charge is 2.33. The van der Waals surface area contributed by atoms with E-state index in [4.69, 9.17) is 0 Å². The molecule has 0 aromatic heterocycles. The van der Waals surface area contributed by atoms with E-state index in [9.17, 15) is 18.0 Å². The Morgan fingerprint density at radius 2 is 1.71 bits per heavy atom. The van der Waals surface area contributed by atoms with Gasteiger partial charge in [-0.05, 0) is 41.7 Å². The molecular weight excluding hydrogens is 277 g/mol. The third-order valence-corrected chi connectivity index (χ3v) is 3.59. The number of hydrogen-bond donors (Lipinski definition) is 0. The summed E-state index contributed by atoms with van der Waals surface area (Å²) in [6, 6.07) is 9.84. The molecule has 0 radical (unpaired) electrons. The fourth-order valence-corrected chi connectivity index (χ4v) is 2.58. The van der Waals surface area contributed by atoms with Crippen molar-refractivity contribution < 1.29 is 18.0 Å². The van der Waals surface area contributed by atoms with Crippen LogP contribution in [0.3, 0.4) is 0 Å². The highest BCUT2D eigenvalue weighted by Crippen LogP contribution is 2.36. The van der Waals surface area contributed by atoms with E-state index in [2.05, 4.69) is 0 Å². The Morgan fingerprint density at radius 1 is 0.952 bits per heavy atom. The number of rotatable bonds is 6. The van der Waals surface area contributed by atoms with Crippen LogP contribution >= 0.6 is 0 Å². The number of halogens is 3. The normalized spacial score (nSPS) is 11.8. The van der Waals surface area contributed by atoms with E-state index < -0.39 is 11.7 Å². The molecule has 0 aliphatic carbocycles. The number of carbonyl (C=O) groups excluding carboxylic acids is 1. The molecule has 21 heavy (non-hydrogen) atoms. The van der Waals surface area contributed by atoms with Crippen molar-refractivity contribution in [2.24, 2.45) is 0 Å². The number of aryl methyl sites for hydroxylation is 1. The lowest BCUT2D eigenvalue weighted by atomic mass is 9.94. The first-order valence-corrected chi connectivity index (χ1v) is 7.05. The van der Waals surface area contributed by atoms with Crippen LogP contribution in [0.2, 0.25) is 0 Å². The Balaban J connectivity index is 2.30. The van der Waals surface area contributed by atoms with Crippen LogP contribution in [-0.2, 0) is 17.4 Å². The minimum atomic E-state index is -4.33. The maximum absolute atomic E-state index is 13.2. The molecule has 2 aromatic carbocycles. The number of benzene rings is 2. The van der Waals surface area contributed by atoms with Gasteiger partial charge in [-0.2, -0.15) is 13.2 Å². The number of alkyl halides is 3. The van der Waals surface area contributed by atoms with Crippen molar-refractivity contribution in [3.63, 3.8) is 0 Å². The molecule has 0 N–H and O–H groups in total. The Kier molecular flexibility index (Phi) is 4.99. The molecule has 0 heterocycles. The van der Waals surface area contributed by atoms with E-state index in [1.54, 1.807) is 12.1 Å². The summed E-state index contributed by atoms with van der Waals surface area (Å²) in [4.78, 5) is 10.2. The number of carbonyl (C=O) groups is 1. The van der Waals surface area contributed by atoms with E-state index in [-0.39, 0.29) is 0 Å². The average Bonchev–Trinajstić information content (AvgIpc) is 2.45. The number of aldehydes is 1. The molecule has 0 bridgehead atoms. The first kappa shape index (κ1) is 15.5. The molecule has 0 saturated carbocycles. The van der Waals surface area contributed by atoms with Gasteiger partial charge in [0, 0.05) is 6.42 Å². The molecule has 0 unspecified atom stereocenters. The molecule has 0 amide bonds. The minimum absolute atomic E-state index is 0.367. The number of fused-ring (bicyclic) bond motifs is 1. The molecule has 0 aliphatic heterocycles. The lowest BCUT2D eigenvalue weighted by Gasteiger charge is -2.15. The second kappa shape index (κ2) is 6.74. The van der Waals surface area contributed by atoms with Gasteiger partial charge < -0.3 is 4.79 Å². The molecule has 0 aliphatic rings. The smallest absolute Gasteiger partial charge is 0.303 e. The van der Waals surface area contributed by atoms with Crippen molar-refractivity contribution >= 4 is 17.1 Å². The van der Waals surface area contributed by atoms with Crippen LogP contribution in [0, 0.1) is 0 Å². The van der Waals surface area contributed by atoms with Crippen molar-refractivity contribution in [2.75, 3.05) is 0 Å². The highest BCUT2D eigenvalue weighted by molar-refractivity contribution is 5.87. The monoisotopic (exact) mass is 294 g/mol. The van der Waals surface area contributed by atoms with E-state index in [1.165, 1.54) is 12.1 Å². The van der Waals surface area contributed by atoms with Gasteiger partial charge in [0.05, 0.1) is 5.56 Å². The van der Waals surface area contributed by atoms with Gasteiger partial charge in [-0.15, -0.1) is 0 Å². The van der Waals surface area contributed by atoms with E-state index >= 15 is 0 Å². The molecule has 0 fully saturated rings. The summed E-state index contributed by atoms with van der Waals surface area (Å²) in [5.41, 5.74) is -0.178. The summed E-state index contributed by atoms with van der Waals surface area (Å²) in [5, 5.41) is 1.50. The Bertz CT molecular complexity index is 617.